The minimum Gasteiger partial charge on any atom is -0.506 e. The molecule has 0 spiro atoms. The second-order valence-electron chi connectivity index (χ2n) is 10.1. The first-order valence-corrected chi connectivity index (χ1v) is 12.6. The Hall–Kier alpha value is -2.33. The number of carbonyl (C=O) groups is 2. The predicted octanol–water partition coefficient (Wildman–Crippen LogP) is 4.22. The minimum absolute atomic E-state index is 0.0460. The monoisotopic (exact) mass is 517 g/mol. The number of unbranched alkanes of at least 4 members (excludes halogenated alkanes) is 1. The van der Waals surface area contributed by atoms with E-state index in [9.17, 15) is 33.0 Å². The average molecular weight is 518 g/mol. The lowest BCUT2D eigenvalue weighted by molar-refractivity contribution is -0.170. The Kier molecular flexibility index (Phi) is 12.7. The highest BCUT2D eigenvalue weighted by molar-refractivity contribution is 5.98. The van der Waals surface area contributed by atoms with Crippen LogP contribution in [-0.2, 0) is 9.59 Å². The predicted molar refractivity (Wildman–Crippen MR) is 134 cm³/mol. The average Bonchev–Trinajstić information content (AvgIpc) is 2.79. The van der Waals surface area contributed by atoms with Gasteiger partial charge < -0.3 is 26.2 Å². The molecule has 0 heterocycles. The van der Waals surface area contributed by atoms with E-state index in [0.29, 0.717) is 11.4 Å². The van der Waals surface area contributed by atoms with E-state index in [4.69, 9.17) is 5.73 Å². The Morgan fingerprint density at radius 1 is 1.08 bits per heavy atom. The van der Waals surface area contributed by atoms with E-state index in [1.807, 2.05) is 20.8 Å². The van der Waals surface area contributed by atoms with Gasteiger partial charge in [-0.3, -0.25) is 9.59 Å². The van der Waals surface area contributed by atoms with Gasteiger partial charge in [-0.25, -0.2) is 0 Å². The topological polar surface area (TPSA) is 116 Å². The van der Waals surface area contributed by atoms with E-state index in [0.717, 1.165) is 12.8 Å². The van der Waals surface area contributed by atoms with Gasteiger partial charge in [0.05, 0.1) is 11.8 Å². The molecule has 36 heavy (non-hydrogen) atoms. The number of benzene rings is 1. The fraction of sp³-hybridized carbons (Fsp3) is 0.692. The lowest BCUT2D eigenvalue weighted by Crippen LogP contribution is -2.47. The molecule has 0 aliphatic heterocycles. The highest BCUT2D eigenvalue weighted by Gasteiger charge is 2.44. The van der Waals surface area contributed by atoms with E-state index in [-0.39, 0.29) is 42.8 Å². The van der Waals surface area contributed by atoms with Crippen molar-refractivity contribution in [2.75, 3.05) is 18.0 Å². The molecule has 4 atom stereocenters. The van der Waals surface area contributed by atoms with Gasteiger partial charge in [0, 0.05) is 25.0 Å². The lowest BCUT2D eigenvalue weighted by atomic mass is 9.83. The van der Waals surface area contributed by atoms with Crippen molar-refractivity contribution >= 4 is 17.5 Å². The third-order valence-electron chi connectivity index (χ3n) is 6.56. The number of carbonyl (C=O) groups excluding carboxylic acids is 2. The van der Waals surface area contributed by atoms with Gasteiger partial charge in [0.1, 0.15) is 5.75 Å². The van der Waals surface area contributed by atoms with Gasteiger partial charge in [-0.1, -0.05) is 53.2 Å². The number of aliphatic hydroxyl groups is 1. The number of amides is 2. The number of rotatable bonds is 14. The van der Waals surface area contributed by atoms with Crippen LogP contribution >= 0.6 is 0 Å². The number of phenols is 1. The van der Waals surface area contributed by atoms with Gasteiger partial charge in [-0.05, 0) is 49.1 Å². The molecule has 0 aromatic heterocycles. The van der Waals surface area contributed by atoms with Crippen LogP contribution < -0.4 is 16.0 Å². The quantitative estimate of drug-likeness (QED) is 0.276. The van der Waals surface area contributed by atoms with Crippen LogP contribution in [0.3, 0.4) is 0 Å². The minimum atomic E-state index is -5.14. The summed E-state index contributed by atoms with van der Waals surface area (Å²) < 4.78 is 40.2. The van der Waals surface area contributed by atoms with Crippen LogP contribution in [0.25, 0.3) is 0 Å². The van der Waals surface area contributed by atoms with E-state index >= 15 is 0 Å². The number of hydrogen-bond donors (Lipinski definition) is 4. The normalized spacial score (nSPS) is 15.4. The van der Waals surface area contributed by atoms with Crippen LogP contribution in [0, 0.1) is 23.7 Å². The summed E-state index contributed by atoms with van der Waals surface area (Å²) in [5.74, 6) is -3.91. The molecule has 1 aromatic carbocycles. The van der Waals surface area contributed by atoms with E-state index in [1.165, 1.54) is 24.3 Å². The van der Waals surface area contributed by atoms with Gasteiger partial charge >= 0.3 is 12.1 Å². The summed E-state index contributed by atoms with van der Waals surface area (Å²) in [7, 11) is 0. The van der Waals surface area contributed by atoms with Crippen molar-refractivity contribution in [3.63, 3.8) is 0 Å². The Morgan fingerprint density at radius 3 is 2.19 bits per heavy atom. The second kappa shape index (κ2) is 14.4. The molecule has 1 rings (SSSR count). The first-order chi connectivity index (χ1) is 16.7. The SMILES string of the molecule is CCCCNC(=O)C(CC(O)C(N)CC(CN(C(=O)C(F)(F)F)c1ccccc1O)C(C)C)C(C)C. The standard InChI is InChI=1S/C26H42F3N3O4/c1-6-7-12-31-24(35)19(17(4)5)14-23(34)20(30)13-18(16(2)3)15-32(25(36)26(27,28)29)21-10-8-9-11-22(21)33/h8-11,16-20,23,33-34H,6-7,12-15,30H2,1-5H3,(H,31,35). The van der Waals surface area contributed by atoms with E-state index in [2.05, 4.69) is 5.32 Å². The first-order valence-electron chi connectivity index (χ1n) is 12.6. The molecule has 2 amide bonds. The Labute approximate surface area is 212 Å². The number of hydrogen-bond acceptors (Lipinski definition) is 5. The number of phenolic OH excluding ortho intramolecular Hbond substituents is 1. The molecular formula is C26H42F3N3O4. The maximum Gasteiger partial charge on any atom is 0.471 e. The number of halogens is 3. The van der Waals surface area contributed by atoms with Gasteiger partial charge in [-0.15, -0.1) is 0 Å². The van der Waals surface area contributed by atoms with Crippen molar-refractivity contribution in [2.24, 2.45) is 29.4 Å². The zero-order chi connectivity index (χ0) is 27.6. The van der Waals surface area contributed by atoms with Crippen LogP contribution in [0.15, 0.2) is 24.3 Å². The number of nitrogens with two attached hydrogens (primary N) is 1. The van der Waals surface area contributed by atoms with Crippen LogP contribution in [0.1, 0.15) is 60.3 Å². The fourth-order valence-corrected chi connectivity index (χ4v) is 4.07. The first kappa shape index (κ1) is 31.7. The molecule has 0 radical (unpaired) electrons. The number of anilines is 1. The lowest BCUT2D eigenvalue weighted by Gasteiger charge is -2.33. The molecule has 4 unspecified atom stereocenters. The molecule has 5 N–H and O–H groups in total. The van der Waals surface area contributed by atoms with Gasteiger partial charge in [0.15, 0.2) is 0 Å². The van der Waals surface area contributed by atoms with Crippen molar-refractivity contribution in [1.29, 1.82) is 0 Å². The summed E-state index contributed by atoms with van der Waals surface area (Å²) >= 11 is 0. The largest absolute Gasteiger partial charge is 0.506 e. The van der Waals surface area contributed by atoms with Crippen LogP contribution in [0.5, 0.6) is 5.75 Å². The van der Waals surface area contributed by atoms with Crippen molar-refractivity contribution in [1.82, 2.24) is 5.32 Å². The Balaban J connectivity index is 3.04. The van der Waals surface area contributed by atoms with Crippen molar-refractivity contribution in [3.05, 3.63) is 24.3 Å². The highest BCUT2D eigenvalue weighted by atomic mass is 19.4. The molecule has 0 aliphatic carbocycles. The van der Waals surface area contributed by atoms with E-state index in [1.54, 1.807) is 13.8 Å². The number of para-hydroxylation sites is 2. The maximum absolute atomic E-state index is 13.4. The van der Waals surface area contributed by atoms with E-state index < -0.39 is 41.8 Å². The fourth-order valence-electron chi connectivity index (χ4n) is 4.07. The number of aromatic hydroxyl groups is 1. The van der Waals surface area contributed by atoms with Crippen LogP contribution in [0.2, 0.25) is 0 Å². The molecule has 0 saturated carbocycles. The molecular weight excluding hydrogens is 475 g/mol. The Morgan fingerprint density at radius 2 is 1.69 bits per heavy atom. The smallest absolute Gasteiger partial charge is 0.471 e. The molecule has 7 nitrogen and oxygen atoms in total. The van der Waals surface area contributed by atoms with Gasteiger partial charge in [-0.2, -0.15) is 13.2 Å². The number of nitrogens with one attached hydrogen (secondary N) is 1. The second-order valence-corrected chi connectivity index (χ2v) is 10.1. The van der Waals surface area contributed by atoms with Crippen LogP contribution in [-0.4, -0.2) is 53.4 Å². The summed E-state index contributed by atoms with van der Waals surface area (Å²) in [5.41, 5.74) is 6.03. The van der Waals surface area contributed by atoms with Crippen molar-refractivity contribution in [3.8, 4) is 5.75 Å². The summed E-state index contributed by atoms with van der Waals surface area (Å²) in [6, 6.07) is 4.52. The zero-order valence-electron chi connectivity index (χ0n) is 21.9. The highest BCUT2D eigenvalue weighted by Crippen LogP contribution is 2.33. The van der Waals surface area contributed by atoms with Crippen LogP contribution in [0.4, 0.5) is 18.9 Å². The molecule has 0 saturated heterocycles. The third kappa shape index (κ3) is 9.61. The third-order valence-corrected chi connectivity index (χ3v) is 6.56. The molecule has 0 aliphatic rings. The molecule has 1 aromatic rings. The molecule has 10 heteroatoms. The zero-order valence-corrected chi connectivity index (χ0v) is 21.9. The summed E-state index contributed by atoms with van der Waals surface area (Å²) in [4.78, 5) is 25.4. The van der Waals surface area contributed by atoms with Gasteiger partial charge in [0.2, 0.25) is 5.91 Å². The number of aliphatic hydroxyl groups excluding tert-OH is 1. The summed E-state index contributed by atoms with van der Waals surface area (Å²) in [6.07, 6.45) is -4.18. The van der Waals surface area contributed by atoms with Gasteiger partial charge in [0.25, 0.3) is 0 Å². The molecule has 206 valence electrons. The Bertz CT molecular complexity index is 833. The molecule has 0 bridgehead atoms. The van der Waals surface area contributed by atoms with Crippen molar-refractivity contribution < 1.29 is 33.0 Å². The summed E-state index contributed by atoms with van der Waals surface area (Å²) in [5, 5.41) is 23.8. The number of nitrogens with zero attached hydrogens (tertiary/aromatic N) is 1. The van der Waals surface area contributed by atoms with Crippen molar-refractivity contribution in [2.45, 2.75) is 78.6 Å². The number of alkyl halides is 3. The maximum atomic E-state index is 13.4. The molecule has 0 fully saturated rings. The summed E-state index contributed by atoms with van der Waals surface area (Å²) in [6.45, 7) is 9.57.